The van der Waals surface area contributed by atoms with Crippen LogP contribution in [0.4, 0.5) is 11.8 Å². The average molecular weight is 1860 g/mol. The Balaban J connectivity index is 0.542. The molecule has 34 nitrogen and oxygen atoms in total. The molecule has 34 heteroatoms. The van der Waals surface area contributed by atoms with Crippen LogP contribution < -0.4 is 15.1 Å². The summed E-state index contributed by atoms with van der Waals surface area (Å²) in [6.07, 6.45) is 16.1. The van der Waals surface area contributed by atoms with Crippen molar-refractivity contribution in [3.8, 4) is 11.3 Å². The number of benzene rings is 1. The Morgan fingerprint density at radius 2 is 1.29 bits per heavy atom. The van der Waals surface area contributed by atoms with Crippen molar-refractivity contribution in [3.63, 3.8) is 0 Å². The summed E-state index contributed by atoms with van der Waals surface area (Å²) in [5, 5.41) is 36.3. The minimum atomic E-state index is -2.46. The van der Waals surface area contributed by atoms with Crippen LogP contribution in [0.2, 0.25) is 0 Å². The molecule has 133 heavy (non-hydrogen) atoms. The number of piperidine rings is 1. The maximum Gasteiger partial charge on any atom is 0.329 e. The maximum atomic E-state index is 14.8. The number of rotatable bonds is 43. The summed E-state index contributed by atoms with van der Waals surface area (Å²) in [6.45, 7) is 29.2. The molecule has 2 amide bonds. The number of carbonyl (C=O) groups excluding carboxylic acids is 6. The van der Waals surface area contributed by atoms with Crippen LogP contribution in [0.1, 0.15) is 168 Å². The number of aliphatic hydroxyl groups is 2. The molecule has 4 saturated heterocycles. The fourth-order valence-corrected chi connectivity index (χ4v) is 18.0. The van der Waals surface area contributed by atoms with Crippen LogP contribution in [0.5, 0.6) is 0 Å². The van der Waals surface area contributed by atoms with E-state index in [2.05, 4.69) is 39.3 Å². The molecule has 8 heterocycles. The molecule has 5 aliphatic heterocycles. The quantitative estimate of drug-likeness (QED) is 0.0160. The second kappa shape index (κ2) is 56.7. The van der Waals surface area contributed by atoms with E-state index in [9.17, 15) is 39.0 Å². The summed E-state index contributed by atoms with van der Waals surface area (Å²) < 4.78 is 95.3. The molecule has 17 atom stereocenters. The number of allylic oxidation sites excluding steroid dienone is 6. The van der Waals surface area contributed by atoms with Crippen LogP contribution in [0.25, 0.3) is 22.3 Å². The molecule has 5 fully saturated rings. The topological polar surface area (TPSA) is 382 Å². The lowest BCUT2D eigenvalue weighted by molar-refractivity contribution is -0.265. The average Bonchev–Trinajstić information content (AvgIpc) is 0.973. The van der Waals surface area contributed by atoms with Gasteiger partial charge in [-0.15, -0.1) is 5.10 Å². The number of pyridine rings is 1. The zero-order valence-corrected chi connectivity index (χ0v) is 80.6. The Morgan fingerprint density at radius 3 is 1.92 bits per heavy atom. The number of fused-ring (bicyclic) bond motifs is 4. The zero-order chi connectivity index (χ0) is 95.0. The first kappa shape index (κ1) is 107. The van der Waals surface area contributed by atoms with E-state index >= 15 is 0 Å². The number of ether oxygens (including phenoxy) is 16. The summed E-state index contributed by atoms with van der Waals surface area (Å²) in [7, 11) is 4.65. The third-order valence-corrected chi connectivity index (χ3v) is 26.0. The normalized spacial score (nSPS) is 28.3. The van der Waals surface area contributed by atoms with Crippen molar-refractivity contribution in [3.05, 3.63) is 101 Å². The number of morpholine rings is 2. The monoisotopic (exact) mass is 1860 g/mol. The van der Waals surface area contributed by atoms with Crippen LogP contribution >= 0.6 is 0 Å². The predicted octanol–water partition coefficient (Wildman–Crippen LogP) is 9.84. The van der Waals surface area contributed by atoms with E-state index < -0.39 is 77.8 Å². The van der Waals surface area contributed by atoms with E-state index in [1.807, 2.05) is 88.5 Å². The van der Waals surface area contributed by atoms with Gasteiger partial charge in [0.15, 0.2) is 11.4 Å². The number of cyclic esters (lactones) is 1. The largest absolute Gasteiger partial charge is 0.460 e. The van der Waals surface area contributed by atoms with Crippen molar-refractivity contribution in [1.82, 2.24) is 40.2 Å². The number of amides is 2. The van der Waals surface area contributed by atoms with Crippen LogP contribution in [0.3, 0.4) is 0 Å². The summed E-state index contributed by atoms with van der Waals surface area (Å²) in [4.78, 5) is 106. The van der Waals surface area contributed by atoms with E-state index in [0.29, 0.717) is 232 Å². The van der Waals surface area contributed by atoms with Gasteiger partial charge in [-0.25, -0.2) is 14.5 Å². The fourth-order valence-electron chi connectivity index (χ4n) is 18.0. The van der Waals surface area contributed by atoms with Gasteiger partial charge in [-0.05, 0) is 164 Å². The van der Waals surface area contributed by atoms with Crippen molar-refractivity contribution >= 4 is 57.9 Å². The molecule has 0 spiro atoms. The number of aryl methyl sites for hydroxylation is 1. The number of methoxy groups -OCH3 is 3. The second-order valence-electron chi connectivity index (χ2n) is 36.2. The first-order chi connectivity index (χ1) is 64.4. The molecule has 6 aliphatic rings. The summed E-state index contributed by atoms with van der Waals surface area (Å²) in [6, 6.07) is 10.5. The SMILES string of the molecule is CO[C@H]1C[C@@H]2CC[C@@H](C)[C@@](O)(O2)C(=O)C(=O)N2CCCC[C@H]2C(=O)O[C@H]([C@H](C)C[C@@H]2CC[C@@H](OCCCCc3cn(CCOCCOCCOCCOCCOCCOCCOCCOCCNC(=O)c4ccc(-c5ccc6c(N7CCOC[C@H]7C)nc(N7CCOC[C@H]7C)nc6n5)cc4)nn3)[C@H](OC)C2)CC(=O)[C@H](C)/C=C(\C)[C@@H](O)[C@@H](OC)C(=O)[C@H](C)C[C@H](C)/C=C/C=C/C=C/1C. The number of Topliss-reactive ketones (excluding diaryl/α,β-unsaturated/α-hetero) is 3. The van der Waals surface area contributed by atoms with Crippen LogP contribution in [-0.4, -0.2) is 333 Å². The number of unbranched alkanes of at least 4 members (excludes halogenated alkanes) is 1. The Bertz CT molecular complexity index is 4340. The van der Waals surface area contributed by atoms with E-state index in [-0.39, 0.29) is 78.9 Å². The fraction of sp³-hybridized carbons (Fsp3) is 0.707. The first-order valence-electron chi connectivity index (χ1n) is 48.3. The highest BCUT2D eigenvalue weighted by Gasteiger charge is 2.53. The third kappa shape index (κ3) is 33.2. The van der Waals surface area contributed by atoms with Gasteiger partial charge in [0.25, 0.3) is 17.6 Å². The van der Waals surface area contributed by atoms with Crippen molar-refractivity contribution in [1.29, 1.82) is 0 Å². The molecule has 1 aliphatic carbocycles. The number of aliphatic hydroxyl groups excluding tert-OH is 1. The highest BCUT2D eigenvalue weighted by molar-refractivity contribution is 6.39. The van der Waals surface area contributed by atoms with Gasteiger partial charge in [-0.1, -0.05) is 88.4 Å². The van der Waals surface area contributed by atoms with Gasteiger partial charge in [-0.3, -0.25) is 24.0 Å². The Hall–Kier alpha value is -7.85. The van der Waals surface area contributed by atoms with E-state index in [1.165, 1.54) is 12.0 Å². The van der Waals surface area contributed by atoms with Gasteiger partial charge >= 0.3 is 5.97 Å². The standard InChI is InChI=1S/C99H150N10O24/c1-67-20-14-13-15-21-68(2)86(118-10)62-80-30-24-73(7)99(117,133-80)92(113)96(115)109-35-18-16-23-83(109)97(116)132-87(63-84(110)69(3)59-72(6)90(112)91(120-12)89(111)71(5)58-67)70(4)60-76-25-33-85(88(61-76)119-11)131-39-19-17-22-79-64-106(105-104-79)36-41-122-45-47-124-49-51-126-53-55-128-57-56-127-54-52-125-50-48-123-46-44-121-40-34-100-95(114)78-28-26-77(27-29-78)82-32-31-81-93(101-82)102-98(108-38-43-130-66-75(108)9)103-94(81)107-37-42-129-65-74(107)8/h13-15,20-21,26-29,31-32,59,64,67,69-71,73-76,80,83,85-88,90-91,112,117H,16-19,22-25,30,33-58,60-63,65-66H2,1-12H3,(H,100,114)/b15-13+,20-14+,68-21+,72-59+/t67-,69-,70-,71-,73-,74-,75-,76+,80+,83+,85-,86+,87+,88-,90-,91+,99-/m1/s1. The molecule has 3 N–H and O–H groups in total. The van der Waals surface area contributed by atoms with Gasteiger partial charge in [0.05, 0.1) is 192 Å². The van der Waals surface area contributed by atoms with Crippen molar-refractivity contribution in [2.24, 2.45) is 35.5 Å². The molecular weight excluding hydrogens is 1710 g/mol. The van der Waals surface area contributed by atoms with Gasteiger partial charge in [0.1, 0.15) is 36.0 Å². The number of aromatic nitrogens is 6. The molecule has 1 saturated carbocycles. The lowest BCUT2D eigenvalue weighted by Gasteiger charge is -2.42. The number of anilines is 2. The first-order valence-corrected chi connectivity index (χ1v) is 48.3. The van der Waals surface area contributed by atoms with E-state index in [0.717, 1.165) is 72.4 Å². The Morgan fingerprint density at radius 1 is 0.639 bits per heavy atom. The highest BCUT2D eigenvalue weighted by atomic mass is 16.6. The summed E-state index contributed by atoms with van der Waals surface area (Å²) in [5.41, 5.74) is 4.90. The number of carbonyl (C=O) groups is 6. The molecule has 4 aromatic rings. The zero-order valence-electron chi connectivity index (χ0n) is 80.6. The second-order valence-corrected chi connectivity index (χ2v) is 36.2. The molecule has 0 unspecified atom stereocenters. The molecule has 1 aromatic carbocycles. The molecular formula is C99H150N10O24. The molecule has 2 bridgehead atoms. The highest BCUT2D eigenvalue weighted by Crippen LogP contribution is 2.40. The maximum absolute atomic E-state index is 14.8. The van der Waals surface area contributed by atoms with Gasteiger partial charge in [0, 0.05) is 102 Å². The number of hydrogen-bond donors (Lipinski definition) is 3. The molecule has 740 valence electrons. The number of nitrogens with one attached hydrogen (secondary N) is 1. The predicted molar refractivity (Wildman–Crippen MR) is 499 cm³/mol. The van der Waals surface area contributed by atoms with Gasteiger partial charge in [-0.2, -0.15) is 9.97 Å². The number of esters is 1. The molecule has 0 radical (unpaired) electrons. The number of ketones is 3. The van der Waals surface area contributed by atoms with Crippen molar-refractivity contribution < 1.29 is 115 Å². The summed E-state index contributed by atoms with van der Waals surface area (Å²) in [5.74, 6) is -6.87. The van der Waals surface area contributed by atoms with Crippen molar-refractivity contribution in [2.45, 2.75) is 232 Å². The lowest BCUT2D eigenvalue weighted by Crippen LogP contribution is -2.61. The van der Waals surface area contributed by atoms with Gasteiger partial charge in [0.2, 0.25) is 11.7 Å². The minimum absolute atomic E-state index is 0.00476. The van der Waals surface area contributed by atoms with Crippen LogP contribution in [-0.2, 0) is 113 Å². The van der Waals surface area contributed by atoms with Gasteiger partial charge < -0.3 is 106 Å². The van der Waals surface area contributed by atoms with Crippen LogP contribution in [0, 0.1) is 35.5 Å². The van der Waals surface area contributed by atoms with E-state index in [4.69, 9.17) is 90.7 Å². The van der Waals surface area contributed by atoms with Crippen LogP contribution in [0.15, 0.2) is 90.2 Å². The molecule has 10 rings (SSSR count). The third-order valence-electron chi connectivity index (χ3n) is 26.0. The number of hydrogen-bond acceptors (Lipinski definition) is 31. The smallest absolute Gasteiger partial charge is 0.329 e. The lowest BCUT2D eigenvalue weighted by atomic mass is 9.78. The summed E-state index contributed by atoms with van der Waals surface area (Å²) >= 11 is 0. The Labute approximate surface area is 785 Å². The Kier molecular flexibility index (Phi) is 45.7. The van der Waals surface area contributed by atoms with Crippen molar-refractivity contribution in [2.75, 3.05) is 196 Å². The number of nitrogens with zero attached hydrogens (tertiary/aromatic N) is 9. The van der Waals surface area contributed by atoms with E-state index in [1.54, 1.807) is 57.9 Å². The molecule has 3 aromatic heterocycles. The minimum Gasteiger partial charge on any atom is -0.460 e.